The molecule has 1 atom stereocenters. The van der Waals surface area contributed by atoms with Crippen molar-refractivity contribution in [3.63, 3.8) is 0 Å². The van der Waals surface area contributed by atoms with Gasteiger partial charge in [0.2, 0.25) is 0 Å². The van der Waals surface area contributed by atoms with Crippen molar-refractivity contribution < 1.29 is 9.84 Å². The van der Waals surface area contributed by atoms with Crippen molar-refractivity contribution in [2.75, 3.05) is 7.11 Å². The van der Waals surface area contributed by atoms with Gasteiger partial charge in [0.25, 0.3) is 0 Å². The average molecular weight is 238 g/mol. The Kier molecular flexibility index (Phi) is 6.08. The highest BCUT2D eigenvalue weighted by atomic mass is 16.5. The Labute approximate surface area is 103 Å². The van der Waals surface area contributed by atoms with Crippen LogP contribution >= 0.6 is 0 Å². The molecule has 1 aromatic heterocycles. The molecule has 1 heterocycles. The Morgan fingerprint density at radius 1 is 1.35 bits per heavy atom. The predicted molar refractivity (Wildman–Crippen MR) is 66.6 cm³/mol. The van der Waals surface area contributed by atoms with Crippen molar-refractivity contribution in [1.82, 2.24) is 9.97 Å². The number of hydrogen-bond donors (Lipinski definition) is 1. The molecule has 0 aliphatic rings. The molecule has 0 aromatic carbocycles. The minimum absolute atomic E-state index is 0.00103. The first kappa shape index (κ1) is 14.1. The second-order valence-electron chi connectivity index (χ2n) is 4.12. The monoisotopic (exact) mass is 238 g/mol. The quantitative estimate of drug-likeness (QED) is 0.792. The van der Waals surface area contributed by atoms with Crippen molar-refractivity contribution in [3.8, 4) is 0 Å². The van der Waals surface area contributed by atoms with Gasteiger partial charge >= 0.3 is 0 Å². The lowest BCUT2D eigenvalue weighted by molar-refractivity contribution is 0.0872. The van der Waals surface area contributed by atoms with Gasteiger partial charge in [-0.1, -0.05) is 26.7 Å². The van der Waals surface area contributed by atoms with E-state index >= 15 is 0 Å². The topological polar surface area (TPSA) is 55.2 Å². The zero-order valence-corrected chi connectivity index (χ0v) is 10.9. The predicted octanol–water partition coefficient (Wildman–Crippen LogP) is 2.41. The fourth-order valence-corrected chi connectivity index (χ4v) is 1.81. The summed E-state index contributed by atoms with van der Waals surface area (Å²) in [5.74, 6) is 0.731. The van der Waals surface area contributed by atoms with Crippen LogP contribution in [0.4, 0.5) is 0 Å². The number of aliphatic hydroxyl groups excluding tert-OH is 1. The molecule has 0 aliphatic heterocycles. The highest BCUT2D eigenvalue weighted by Gasteiger charge is 2.14. The second kappa shape index (κ2) is 7.35. The molecule has 4 nitrogen and oxygen atoms in total. The van der Waals surface area contributed by atoms with E-state index in [0.29, 0.717) is 0 Å². The van der Waals surface area contributed by atoms with Crippen LogP contribution < -0.4 is 0 Å². The van der Waals surface area contributed by atoms with Crippen molar-refractivity contribution >= 4 is 0 Å². The maximum absolute atomic E-state index is 9.22. The first-order valence-corrected chi connectivity index (χ1v) is 6.25. The summed E-state index contributed by atoms with van der Waals surface area (Å²) in [5.41, 5.74) is 1.76. The third kappa shape index (κ3) is 3.75. The van der Waals surface area contributed by atoms with Gasteiger partial charge in [0, 0.05) is 24.6 Å². The molecule has 0 bridgehead atoms. The number of aliphatic hydroxyl groups is 1. The second-order valence-corrected chi connectivity index (χ2v) is 4.12. The molecule has 96 valence electrons. The van der Waals surface area contributed by atoms with Crippen LogP contribution in [0.1, 0.15) is 56.3 Å². The van der Waals surface area contributed by atoms with Crippen LogP contribution in [0.25, 0.3) is 0 Å². The Hall–Kier alpha value is -1.00. The summed E-state index contributed by atoms with van der Waals surface area (Å²) in [5, 5.41) is 9.22. The summed E-state index contributed by atoms with van der Waals surface area (Å²) in [6.07, 6.45) is 5.51. The third-order valence-electron chi connectivity index (χ3n) is 2.75. The van der Waals surface area contributed by atoms with Gasteiger partial charge in [-0.25, -0.2) is 9.97 Å². The third-order valence-corrected chi connectivity index (χ3v) is 2.75. The summed E-state index contributed by atoms with van der Waals surface area (Å²) >= 11 is 0. The number of aryl methyl sites for hydroxylation is 1. The molecule has 0 saturated carbocycles. The number of nitrogens with zero attached hydrogens (tertiary/aromatic N) is 2. The van der Waals surface area contributed by atoms with E-state index in [4.69, 9.17) is 4.74 Å². The lowest BCUT2D eigenvalue weighted by Crippen LogP contribution is -2.10. The lowest BCUT2D eigenvalue weighted by Gasteiger charge is -2.15. The highest BCUT2D eigenvalue weighted by Crippen LogP contribution is 2.20. The summed E-state index contributed by atoms with van der Waals surface area (Å²) < 4.78 is 5.40. The van der Waals surface area contributed by atoms with Crippen LogP contribution in [0, 0.1) is 0 Å². The van der Waals surface area contributed by atoms with E-state index in [0.717, 1.165) is 42.8 Å². The molecular weight excluding hydrogens is 216 g/mol. The highest BCUT2D eigenvalue weighted by molar-refractivity contribution is 5.17. The minimum Gasteiger partial charge on any atom is -0.392 e. The lowest BCUT2D eigenvalue weighted by atomic mass is 10.1. The molecule has 1 unspecified atom stereocenters. The average Bonchev–Trinajstić information content (AvgIpc) is 2.36. The SMILES string of the molecule is CCCc1nc(C(CCC)OC)ncc1CO. The van der Waals surface area contributed by atoms with Crippen molar-refractivity contribution in [1.29, 1.82) is 0 Å². The van der Waals surface area contributed by atoms with Crippen molar-refractivity contribution in [3.05, 3.63) is 23.3 Å². The first-order valence-electron chi connectivity index (χ1n) is 6.25. The number of hydrogen-bond acceptors (Lipinski definition) is 4. The Balaban J connectivity index is 2.96. The van der Waals surface area contributed by atoms with E-state index in [9.17, 15) is 5.11 Å². The number of ether oxygens (including phenoxy) is 1. The van der Waals surface area contributed by atoms with Crippen LogP contribution in [0.15, 0.2) is 6.20 Å². The number of methoxy groups -OCH3 is 1. The van der Waals surface area contributed by atoms with Crippen LogP contribution in [-0.2, 0) is 17.8 Å². The summed E-state index contributed by atoms with van der Waals surface area (Å²) in [7, 11) is 1.68. The zero-order chi connectivity index (χ0) is 12.7. The largest absolute Gasteiger partial charge is 0.392 e. The maximum Gasteiger partial charge on any atom is 0.157 e. The van der Waals surface area contributed by atoms with Gasteiger partial charge in [-0.15, -0.1) is 0 Å². The summed E-state index contributed by atoms with van der Waals surface area (Å²) in [6, 6.07) is 0. The van der Waals surface area contributed by atoms with Crippen LogP contribution in [0.5, 0.6) is 0 Å². The van der Waals surface area contributed by atoms with Gasteiger partial charge in [0.15, 0.2) is 5.82 Å². The van der Waals surface area contributed by atoms with E-state index in [1.54, 1.807) is 13.3 Å². The van der Waals surface area contributed by atoms with E-state index < -0.39 is 0 Å². The molecule has 0 fully saturated rings. The van der Waals surface area contributed by atoms with Crippen LogP contribution in [0.2, 0.25) is 0 Å². The molecule has 17 heavy (non-hydrogen) atoms. The Morgan fingerprint density at radius 3 is 2.65 bits per heavy atom. The fraction of sp³-hybridized carbons (Fsp3) is 0.692. The molecular formula is C13H22N2O2. The summed E-state index contributed by atoms with van der Waals surface area (Å²) in [4.78, 5) is 8.81. The fourth-order valence-electron chi connectivity index (χ4n) is 1.81. The summed E-state index contributed by atoms with van der Waals surface area (Å²) in [6.45, 7) is 4.21. The van der Waals surface area contributed by atoms with E-state index in [1.165, 1.54) is 0 Å². The smallest absolute Gasteiger partial charge is 0.157 e. The van der Waals surface area contributed by atoms with E-state index in [2.05, 4.69) is 23.8 Å². The van der Waals surface area contributed by atoms with E-state index in [1.807, 2.05) is 0 Å². The molecule has 0 aliphatic carbocycles. The normalized spacial score (nSPS) is 12.7. The molecule has 1 aromatic rings. The van der Waals surface area contributed by atoms with Gasteiger partial charge in [-0.2, -0.15) is 0 Å². The Morgan fingerprint density at radius 2 is 2.12 bits per heavy atom. The molecule has 0 saturated heterocycles. The molecule has 0 amide bonds. The minimum atomic E-state index is -0.0386. The van der Waals surface area contributed by atoms with Crippen LogP contribution in [-0.4, -0.2) is 22.2 Å². The number of rotatable bonds is 7. The standard InChI is InChI=1S/C13H22N2O2/c1-4-6-11-10(9-16)8-14-13(15-11)12(17-3)7-5-2/h8,12,16H,4-7,9H2,1-3H3. The maximum atomic E-state index is 9.22. The van der Waals surface area contributed by atoms with Gasteiger partial charge in [-0.3, -0.25) is 0 Å². The van der Waals surface area contributed by atoms with Gasteiger partial charge in [-0.05, 0) is 12.8 Å². The van der Waals surface area contributed by atoms with Crippen molar-refractivity contribution in [2.24, 2.45) is 0 Å². The van der Waals surface area contributed by atoms with Crippen LogP contribution in [0.3, 0.4) is 0 Å². The molecule has 0 radical (unpaired) electrons. The van der Waals surface area contributed by atoms with Gasteiger partial charge in [0.05, 0.1) is 6.61 Å². The Bertz CT molecular complexity index is 342. The molecule has 4 heteroatoms. The van der Waals surface area contributed by atoms with Gasteiger partial charge in [0.1, 0.15) is 6.10 Å². The first-order chi connectivity index (χ1) is 8.26. The van der Waals surface area contributed by atoms with Crippen molar-refractivity contribution in [2.45, 2.75) is 52.2 Å². The van der Waals surface area contributed by atoms with E-state index in [-0.39, 0.29) is 12.7 Å². The number of aromatic nitrogens is 2. The zero-order valence-electron chi connectivity index (χ0n) is 10.9. The molecule has 1 rings (SSSR count). The van der Waals surface area contributed by atoms with Gasteiger partial charge < -0.3 is 9.84 Å². The molecule has 1 N–H and O–H groups in total. The molecule has 0 spiro atoms.